The fourth-order valence-electron chi connectivity index (χ4n) is 2.29. The van der Waals surface area contributed by atoms with E-state index >= 15 is 0 Å². The first-order chi connectivity index (χ1) is 9.13. The lowest BCUT2D eigenvalue weighted by atomic mass is 10.2. The molecule has 1 aromatic carbocycles. The predicted molar refractivity (Wildman–Crippen MR) is 75.3 cm³/mol. The Labute approximate surface area is 115 Å². The number of nitrogens with one attached hydrogen (secondary N) is 1. The summed E-state index contributed by atoms with van der Waals surface area (Å²) in [4.78, 5) is 0.315. The molecule has 0 amide bonds. The second kappa shape index (κ2) is 6.39. The maximum Gasteiger partial charge on any atom is 0.182 e. The lowest BCUT2D eigenvalue weighted by Gasteiger charge is -2.15. The van der Waals surface area contributed by atoms with Crippen molar-refractivity contribution in [3.8, 4) is 5.75 Å². The average Bonchev–Trinajstić information content (AvgIpc) is 2.90. The second-order valence-corrected chi connectivity index (χ2v) is 6.95. The van der Waals surface area contributed by atoms with Gasteiger partial charge in [-0.1, -0.05) is 19.1 Å². The zero-order valence-corrected chi connectivity index (χ0v) is 12.1. The van der Waals surface area contributed by atoms with Gasteiger partial charge in [-0.3, -0.25) is 0 Å². The summed E-state index contributed by atoms with van der Waals surface area (Å²) < 4.78 is 30.0. The van der Waals surface area contributed by atoms with Crippen molar-refractivity contribution in [1.29, 1.82) is 0 Å². The van der Waals surface area contributed by atoms with Gasteiger partial charge in [-0.25, -0.2) is 8.42 Å². The van der Waals surface area contributed by atoms with Gasteiger partial charge in [-0.15, -0.1) is 0 Å². The number of rotatable bonds is 6. The predicted octanol–water partition coefficient (Wildman–Crippen LogP) is 2.00. The second-order valence-electron chi connectivity index (χ2n) is 4.87. The largest absolute Gasteiger partial charge is 0.491 e. The number of ether oxygens (including phenoxy) is 1. The Balaban J connectivity index is 2.11. The first-order valence-electron chi connectivity index (χ1n) is 6.81. The van der Waals surface area contributed by atoms with Gasteiger partial charge in [0.25, 0.3) is 0 Å². The van der Waals surface area contributed by atoms with E-state index in [2.05, 4.69) is 5.32 Å². The molecule has 1 aliphatic heterocycles. The fourth-order valence-corrected chi connectivity index (χ4v) is 3.77. The molecule has 1 aromatic rings. The molecule has 1 aliphatic rings. The molecule has 2 rings (SSSR count). The molecule has 0 spiro atoms. The summed E-state index contributed by atoms with van der Waals surface area (Å²) in [5, 5.41) is 3.34. The van der Waals surface area contributed by atoms with E-state index in [1.807, 2.05) is 13.0 Å². The normalized spacial score (nSPS) is 19.5. The molecule has 0 aromatic heterocycles. The van der Waals surface area contributed by atoms with E-state index in [1.54, 1.807) is 18.2 Å². The zero-order valence-electron chi connectivity index (χ0n) is 11.3. The van der Waals surface area contributed by atoms with E-state index < -0.39 is 9.84 Å². The first-order valence-corrected chi connectivity index (χ1v) is 8.46. The SMILES string of the molecule is CCCS(=O)(=O)c1ccccc1OCC1CCCN1. The number of sulfone groups is 1. The molecule has 1 saturated heterocycles. The molecule has 1 heterocycles. The van der Waals surface area contributed by atoms with Crippen LogP contribution in [0.5, 0.6) is 5.75 Å². The smallest absolute Gasteiger partial charge is 0.182 e. The van der Waals surface area contributed by atoms with Gasteiger partial charge in [0, 0.05) is 6.04 Å². The summed E-state index contributed by atoms with van der Waals surface area (Å²) in [5.41, 5.74) is 0. The monoisotopic (exact) mass is 283 g/mol. The summed E-state index contributed by atoms with van der Waals surface area (Å²) in [6.07, 6.45) is 2.86. The molecule has 0 saturated carbocycles. The van der Waals surface area contributed by atoms with Gasteiger partial charge in [0.15, 0.2) is 9.84 Å². The van der Waals surface area contributed by atoms with Crippen molar-refractivity contribution in [3.05, 3.63) is 24.3 Å². The van der Waals surface area contributed by atoms with Gasteiger partial charge in [-0.05, 0) is 37.9 Å². The van der Waals surface area contributed by atoms with Crippen LogP contribution in [-0.4, -0.2) is 33.4 Å². The average molecular weight is 283 g/mol. The maximum atomic E-state index is 12.2. The molecule has 1 fully saturated rings. The van der Waals surface area contributed by atoms with Gasteiger partial charge >= 0.3 is 0 Å². The molecule has 1 N–H and O–H groups in total. The minimum atomic E-state index is -3.23. The van der Waals surface area contributed by atoms with E-state index in [4.69, 9.17) is 4.74 Å². The van der Waals surface area contributed by atoms with Gasteiger partial charge < -0.3 is 10.1 Å². The van der Waals surface area contributed by atoms with Crippen molar-refractivity contribution in [2.45, 2.75) is 37.1 Å². The van der Waals surface area contributed by atoms with Crippen LogP contribution in [0.4, 0.5) is 0 Å². The Morgan fingerprint density at radius 3 is 2.84 bits per heavy atom. The summed E-state index contributed by atoms with van der Waals surface area (Å²) in [6.45, 7) is 3.41. The van der Waals surface area contributed by atoms with Crippen LogP contribution in [0, 0.1) is 0 Å². The van der Waals surface area contributed by atoms with Crippen LogP contribution in [-0.2, 0) is 9.84 Å². The molecule has 5 heteroatoms. The molecule has 1 atom stereocenters. The maximum absolute atomic E-state index is 12.2. The summed E-state index contributed by atoms with van der Waals surface area (Å²) in [5.74, 6) is 0.638. The Morgan fingerprint density at radius 1 is 1.37 bits per heavy atom. The highest BCUT2D eigenvalue weighted by molar-refractivity contribution is 7.91. The third-order valence-corrected chi connectivity index (χ3v) is 5.21. The number of hydrogen-bond donors (Lipinski definition) is 1. The van der Waals surface area contributed by atoms with Gasteiger partial charge in [0.05, 0.1) is 5.75 Å². The Bertz CT molecular complexity index is 507. The van der Waals surface area contributed by atoms with Crippen molar-refractivity contribution in [3.63, 3.8) is 0 Å². The molecule has 106 valence electrons. The van der Waals surface area contributed by atoms with Crippen LogP contribution in [0.15, 0.2) is 29.2 Å². The topological polar surface area (TPSA) is 55.4 Å². The highest BCUT2D eigenvalue weighted by Crippen LogP contribution is 2.25. The Kier molecular flexibility index (Phi) is 4.82. The van der Waals surface area contributed by atoms with Crippen LogP contribution >= 0.6 is 0 Å². The highest BCUT2D eigenvalue weighted by atomic mass is 32.2. The molecule has 19 heavy (non-hydrogen) atoms. The van der Waals surface area contributed by atoms with Crippen LogP contribution in [0.25, 0.3) is 0 Å². The lowest BCUT2D eigenvalue weighted by molar-refractivity contribution is 0.271. The van der Waals surface area contributed by atoms with E-state index in [-0.39, 0.29) is 5.75 Å². The van der Waals surface area contributed by atoms with Gasteiger partial charge in [0.2, 0.25) is 0 Å². The zero-order chi connectivity index (χ0) is 13.7. The third kappa shape index (κ3) is 3.70. The van der Waals surface area contributed by atoms with Crippen molar-refractivity contribution < 1.29 is 13.2 Å². The van der Waals surface area contributed by atoms with Crippen LogP contribution in [0.3, 0.4) is 0 Å². The van der Waals surface area contributed by atoms with E-state index in [0.717, 1.165) is 19.4 Å². The minimum Gasteiger partial charge on any atom is -0.491 e. The highest BCUT2D eigenvalue weighted by Gasteiger charge is 2.20. The quantitative estimate of drug-likeness (QED) is 0.867. The molecule has 4 nitrogen and oxygen atoms in total. The fraction of sp³-hybridized carbons (Fsp3) is 0.571. The number of benzene rings is 1. The van der Waals surface area contributed by atoms with Gasteiger partial charge in [0.1, 0.15) is 17.3 Å². The number of para-hydroxylation sites is 1. The van der Waals surface area contributed by atoms with Crippen LogP contribution in [0.1, 0.15) is 26.2 Å². The van der Waals surface area contributed by atoms with Crippen molar-refractivity contribution >= 4 is 9.84 Å². The molecular formula is C14H21NO3S. The Hall–Kier alpha value is -1.07. The first kappa shape index (κ1) is 14.3. The molecule has 1 unspecified atom stereocenters. The number of hydrogen-bond acceptors (Lipinski definition) is 4. The molecule has 0 radical (unpaired) electrons. The minimum absolute atomic E-state index is 0.162. The third-order valence-electron chi connectivity index (χ3n) is 3.26. The summed E-state index contributed by atoms with van der Waals surface area (Å²) >= 11 is 0. The Morgan fingerprint density at radius 2 is 2.16 bits per heavy atom. The van der Waals surface area contributed by atoms with Crippen molar-refractivity contribution in [2.75, 3.05) is 18.9 Å². The lowest BCUT2D eigenvalue weighted by Crippen LogP contribution is -2.28. The van der Waals surface area contributed by atoms with E-state index in [9.17, 15) is 8.42 Å². The standard InChI is InChI=1S/C14H21NO3S/c1-2-10-19(16,17)14-8-4-3-7-13(14)18-11-12-6-5-9-15-12/h3-4,7-8,12,15H,2,5-6,9-11H2,1H3. The van der Waals surface area contributed by atoms with Crippen LogP contribution < -0.4 is 10.1 Å². The van der Waals surface area contributed by atoms with E-state index in [1.165, 1.54) is 0 Å². The molecule has 0 bridgehead atoms. The van der Waals surface area contributed by atoms with Gasteiger partial charge in [-0.2, -0.15) is 0 Å². The molecule has 0 aliphatic carbocycles. The van der Waals surface area contributed by atoms with E-state index in [0.29, 0.717) is 29.7 Å². The van der Waals surface area contributed by atoms with Crippen molar-refractivity contribution in [1.82, 2.24) is 5.32 Å². The summed E-state index contributed by atoms with van der Waals surface area (Å²) in [6, 6.07) is 7.24. The molecular weight excluding hydrogens is 262 g/mol. The van der Waals surface area contributed by atoms with Crippen molar-refractivity contribution in [2.24, 2.45) is 0 Å². The summed E-state index contributed by atoms with van der Waals surface area (Å²) in [7, 11) is -3.23. The van der Waals surface area contributed by atoms with Crippen LogP contribution in [0.2, 0.25) is 0 Å².